The van der Waals surface area contributed by atoms with Crippen molar-refractivity contribution in [1.29, 1.82) is 0 Å². The SMILES string of the molecule is CCC1CCCCN1c1cc(C)nc(Nc2ccc(C)c(Br)c2)n1. The zero-order chi connectivity index (χ0) is 17.1. The first-order valence-electron chi connectivity index (χ1n) is 8.72. The van der Waals surface area contributed by atoms with Gasteiger partial charge in [0.2, 0.25) is 5.95 Å². The van der Waals surface area contributed by atoms with E-state index in [-0.39, 0.29) is 0 Å². The van der Waals surface area contributed by atoms with Crippen molar-refractivity contribution >= 4 is 33.4 Å². The van der Waals surface area contributed by atoms with Crippen LogP contribution < -0.4 is 10.2 Å². The van der Waals surface area contributed by atoms with E-state index in [1.807, 2.05) is 6.92 Å². The second-order valence-corrected chi connectivity index (χ2v) is 7.39. The number of piperidine rings is 1. The minimum Gasteiger partial charge on any atom is -0.353 e. The Morgan fingerprint density at radius 3 is 2.79 bits per heavy atom. The van der Waals surface area contributed by atoms with Crippen LogP contribution in [-0.2, 0) is 0 Å². The van der Waals surface area contributed by atoms with Crippen molar-refractivity contribution in [2.24, 2.45) is 0 Å². The molecule has 1 fully saturated rings. The molecule has 1 aromatic heterocycles. The summed E-state index contributed by atoms with van der Waals surface area (Å²) in [7, 11) is 0. The van der Waals surface area contributed by atoms with Crippen molar-refractivity contribution in [3.8, 4) is 0 Å². The average Bonchev–Trinajstić information content (AvgIpc) is 2.57. The number of nitrogens with one attached hydrogen (secondary N) is 1. The number of benzene rings is 1. The number of aromatic nitrogens is 2. The Bertz CT molecular complexity index is 717. The van der Waals surface area contributed by atoms with E-state index < -0.39 is 0 Å². The molecule has 1 aromatic carbocycles. The first-order valence-corrected chi connectivity index (χ1v) is 9.51. The number of anilines is 3. The molecule has 1 saturated heterocycles. The summed E-state index contributed by atoms with van der Waals surface area (Å²) in [5.74, 6) is 1.71. The van der Waals surface area contributed by atoms with Gasteiger partial charge in [-0.05, 0) is 57.2 Å². The average molecular weight is 389 g/mol. The number of rotatable bonds is 4. The standard InChI is InChI=1S/C19H25BrN4/c1-4-16-7-5-6-10-24(16)18-11-14(3)21-19(23-18)22-15-9-8-13(2)17(20)12-15/h8-9,11-12,16H,4-7,10H2,1-3H3,(H,21,22,23). The lowest BCUT2D eigenvalue weighted by Crippen LogP contribution is -2.39. The molecule has 3 rings (SSSR count). The third-order valence-corrected chi connectivity index (χ3v) is 5.52. The van der Waals surface area contributed by atoms with E-state index in [2.05, 4.69) is 69.2 Å². The summed E-state index contributed by atoms with van der Waals surface area (Å²) in [6.45, 7) is 7.47. The van der Waals surface area contributed by atoms with Gasteiger partial charge in [0.15, 0.2) is 0 Å². The lowest BCUT2D eigenvalue weighted by Gasteiger charge is -2.36. The molecule has 0 bridgehead atoms. The predicted octanol–water partition coefficient (Wildman–Crippen LogP) is 5.37. The Morgan fingerprint density at radius 2 is 2.04 bits per heavy atom. The van der Waals surface area contributed by atoms with E-state index in [4.69, 9.17) is 4.98 Å². The molecule has 128 valence electrons. The second kappa shape index (κ2) is 7.51. The molecule has 1 aliphatic heterocycles. The molecule has 2 heterocycles. The summed E-state index contributed by atoms with van der Waals surface area (Å²) in [5.41, 5.74) is 3.20. The molecule has 1 atom stereocenters. The van der Waals surface area contributed by atoms with Crippen molar-refractivity contribution in [3.05, 3.63) is 40.0 Å². The molecule has 2 aromatic rings. The fourth-order valence-electron chi connectivity index (χ4n) is 3.28. The van der Waals surface area contributed by atoms with Crippen molar-refractivity contribution in [2.45, 2.75) is 52.5 Å². The van der Waals surface area contributed by atoms with Crippen LogP contribution in [0, 0.1) is 13.8 Å². The van der Waals surface area contributed by atoms with Gasteiger partial charge in [-0.2, -0.15) is 4.98 Å². The zero-order valence-corrected chi connectivity index (χ0v) is 16.2. The van der Waals surface area contributed by atoms with Crippen LogP contribution >= 0.6 is 15.9 Å². The molecule has 1 unspecified atom stereocenters. The highest BCUT2D eigenvalue weighted by molar-refractivity contribution is 9.10. The molecule has 0 amide bonds. The Morgan fingerprint density at radius 1 is 1.21 bits per heavy atom. The third-order valence-electron chi connectivity index (χ3n) is 4.66. The van der Waals surface area contributed by atoms with Crippen LogP contribution in [0.1, 0.15) is 43.9 Å². The van der Waals surface area contributed by atoms with Crippen LogP contribution in [-0.4, -0.2) is 22.6 Å². The van der Waals surface area contributed by atoms with Crippen molar-refractivity contribution in [2.75, 3.05) is 16.8 Å². The Balaban J connectivity index is 1.86. The Labute approximate surface area is 152 Å². The summed E-state index contributed by atoms with van der Waals surface area (Å²) >= 11 is 3.58. The van der Waals surface area contributed by atoms with Gasteiger partial charge in [0.05, 0.1) is 0 Å². The molecule has 0 aliphatic carbocycles. The largest absolute Gasteiger partial charge is 0.353 e. The molecule has 5 heteroatoms. The lowest BCUT2D eigenvalue weighted by atomic mass is 10.00. The summed E-state index contributed by atoms with van der Waals surface area (Å²) < 4.78 is 1.09. The molecule has 0 radical (unpaired) electrons. The maximum atomic E-state index is 4.79. The number of hydrogen-bond donors (Lipinski definition) is 1. The number of nitrogens with zero attached hydrogens (tertiary/aromatic N) is 3. The van der Waals surface area contributed by atoms with E-state index in [1.165, 1.54) is 24.8 Å². The monoisotopic (exact) mass is 388 g/mol. The molecule has 0 saturated carbocycles. The molecule has 4 nitrogen and oxygen atoms in total. The van der Waals surface area contributed by atoms with Gasteiger partial charge in [-0.25, -0.2) is 4.98 Å². The number of aryl methyl sites for hydroxylation is 2. The summed E-state index contributed by atoms with van der Waals surface area (Å²) in [5, 5.41) is 3.35. The van der Waals surface area contributed by atoms with Gasteiger partial charge < -0.3 is 10.2 Å². The maximum absolute atomic E-state index is 4.79. The predicted molar refractivity (Wildman–Crippen MR) is 104 cm³/mol. The van der Waals surface area contributed by atoms with E-state index in [9.17, 15) is 0 Å². The normalized spacial score (nSPS) is 17.8. The quantitative estimate of drug-likeness (QED) is 0.764. The van der Waals surface area contributed by atoms with Crippen LogP contribution in [0.15, 0.2) is 28.7 Å². The highest BCUT2D eigenvalue weighted by Gasteiger charge is 2.22. The molecule has 24 heavy (non-hydrogen) atoms. The van der Waals surface area contributed by atoms with Crippen LogP contribution in [0.2, 0.25) is 0 Å². The van der Waals surface area contributed by atoms with Gasteiger partial charge in [0.25, 0.3) is 0 Å². The van der Waals surface area contributed by atoms with Crippen molar-refractivity contribution in [1.82, 2.24) is 9.97 Å². The first kappa shape index (κ1) is 17.2. The van der Waals surface area contributed by atoms with Gasteiger partial charge >= 0.3 is 0 Å². The zero-order valence-electron chi connectivity index (χ0n) is 14.6. The smallest absolute Gasteiger partial charge is 0.229 e. The van der Waals surface area contributed by atoms with Crippen LogP contribution in [0.4, 0.5) is 17.5 Å². The molecular formula is C19H25BrN4. The lowest BCUT2D eigenvalue weighted by molar-refractivity contribution is 0.446. The maximum Gasteiger partial charge on any atom is 0.229 e. The van der Waals surface area contributed by atoms with Gasteiger partial charge in [0.1, 0.15) is 5.82 Å². The van der Waals surface area contributed by atoms with E-state index in [0.717, 1.165) is 34.6 Å². The van der Waals surface area contributed by atoms with Gasteiger partial charge in [0, 0.05) is 34.5 Å². The van der Waals surface area contributed by atoms with E-state index in [0.29, 0.717) is 12.0 Å². The van der Waals surface area contributed by atoms with Gasteiger partial charge in [-0.3, -0.25) is 0 Å². The van der Waals surface area contributed by atoms with E-state index in [1.54, 1.807) is 0 Å². The highest BCUT2D eigenvalue weighted by Crippen LogP contribution is 2.27. The van der Waals surface area contributed by atoms with Crippen LogP contribution in [0.3, 0.4) is 0 Å². The second-order valence-electron chi connectivity index (χ2n) is 6.53. The summed E-state index contributed by atoms with van der Waals surface area (Å²) in [6, 6.07) is 8.90. The Kier molecular flexibility index (Phi) is 5.39. The van der Waals surface area contributed by atoms with E-state index >= 15 is 0 Å². The van der Waals surface area contributed by atoms with Gasteiger partial charge in [-0.15, -0.1) is 0 Å². The number of halogens is 1. The minimum absolute atomic E-state index is 0.592. The summed E-state index contributed by atoms with van der Waals surface area (Å²) in [6.07, 6.45) is 4.98. The molecule has 0 spiro atoms. The first-order chi connectivity index (χ1) is 11.6. The van der Waals surface area contributed by atoms with Crippen molar-refractivity contribution in [3.63, 3.8) is 0 Å². The summed E-state index contributed by atoms with van der Waals surface area (Å²) in [4.78, 5) is 11.8. The third kappa shape index (κ3) is 3.89. The van der Waals surface area contributed by atoms with Gasteiger partial charge in [-0.1, -0.05) is 28.9 Å². The Hall–Kier alpha value is -1.62. The molecular weight excluding hydrogens is 364 g/mol. The molecule has 1 N–H and O–H groups in total. The fourth-order valence-corrected chi connectivity index (χ4v) is 3.66. The fraction of sp³-hybridized carbons (Fsp3) is 0.474. The number of hydrogen-bond acceptors (Lipinski definition) is 4. The van der Waals surface area contributed by atoms with Crippen LogP contribution in [0.5, 0.6) is 0 Å². The highest BCUT2D eigenvalue weighted by atomic mass is 79.9. The minimum atomic E-state index is 0.592. The topological polar surface area (TPSA) is 41.1 Å². The van der Waals surface area contributed by atoms with Crippen molar-refractivity contribution < 1.29 is 0 Å². The van der Waals surface area contributed by atoms with Crippen LogP contribution in [0.25, 0.3) is 0 Å². The molecule has 1 aliphatic rings.